The molecule has 0 aliphatic rings. The molecule has 3 aromatic heterocycles. The molecule has 0 aliphatic carbocycles. The Hall–Kier alpha value is -1.70. The van der Waals surface area contributed by atoms with Crippen LogP contribution < -0.4 is 0 Å². The van der Waals surface area contributed by atoms with Gasteiger partial charge in [-0.15, -0.1) is 32.9 Å². The van der Waals surface area contributed by atoms with Gasteiger partial charge in [0.05, 0.1) is 20.3 Å². The van der Waals surface area contributed by atoms with E-state index in [1.54, 1.807) is 34.4 Å². The Bertz CT molecular complexity index is 865. The number of thiophene rings is 1. The molecule has 3 heterocycles. The minimum Gasteiger partial charge on any atom is -0.419 e. The predicted octanol–water partition coefficient (Wildman–Crippen LogP) is 5.26. The molecular weight excluding hydrogens is 334 g/mol. The summed E-state index contributed by atoms with van der Waals surface area (Å²) in [6, 6.07) is 12.1. The van der Waals surface area contributed by atoms with Crippen molar-refractivity contribution in [2.75, 3.05) is 0 Å². The van der Waals surface area contributed by atoms with E-state index in [1.807, 2.05) is 35.7 Å². The number of thiazole rings is 1. The Labute approximate surface area is 139 Å². The second-order valence-corrected chi connectivity index (χ2v) is 8.20. The maximum atomic E-state index is 5.78. The highest BCUT2D eigenvalue weighted by Crippen LogP contribution is 2.39. The monoisotopic (exact) mass is 345 g/mol. The molecule has 22 heavy (non-hydrogen) atoms. The van der Waals surface area contributed by atoms with Crippen molar-refractivity contribution in [1.29, 1.82) is 0 Å². The molecular formula is C15H11N3OS3. The highest BCUT2D eigenvalue weighted by Gasteiger charge is 2.18. The lowest BCUT2D eigenvalue weighted by molar-refractivity contribution is 0.510. The Balaban J connectivity index is 1.55. The number of aromatic nitrogens is 3. The molecule has 0 bridgehead atoms. The molecule has 110 valence electrons. The third-order valence-corrected chi connectivity index (χ3v) is 6.15. The second-order valence-electron chi connectivity index (χ2n) is 4.63. The van der Waals surface area contributed by atoms with Crippen molar-refractivity contribution < 1.29 is 4.42 Å². The van der Waals surface area contributed by atoms with E-state index in [4.69, 9.17) is 4.42 Å². The Morgan fingerprint density at radius 3 is 2.86 bits per heavy atom. The van der Waals surface area contributed by atoms with Gasteiger partial charge in [0, 0.05) is 0 Å². The summed E-state index contributed by atoms with van der Waals surface area (Å²) < 4.78 is 7.99. The number of nitrogens with zero attached hydrogens (tertiary/aromatic N) is 3. The van der Waals surface area contributed by atoms with Gasteiger partial charge in [-0.25, -0.2) is 4.98 Å². The van der Waals surface area contributed by atoms with Crippen LogP contribution in [0.15, 0.2) is 50.5 Å². The first-order valence-electron chi connectivity index (χ1n) is 6.69. The molecule has 1 unspecified atom stereocenters. The lowest BCUT2D eigenvalue weighted by Crippen LogP contribution is -1.88. The van der Waals surface area contributed by atoms with Crippen LogP contribution >= 0.6 is 34.4 Å². The third kappa shape index (κ3) is 2.67. The molecule has 0 spiro atoms. The average molecular weight is 345 g/mol. The van der Waals surface area contributed by atoms with Gasteiger partial charge in [-0.3, -0.25) is 0 Å². The summed E-state index contributed by atoms with van der Waals surface area (Å²) in [5.74, 6) is 1.22. The molecule has 0 saturated heterocycles. The van der Waals surface area contributed by atoms with Crippen molar-refractivity contribution >= 4 is 44.7 Å². The van der Waals surface area contributed by atoms with Gasteiger partial charge in [0.25, 0.3) is 5.89 Å². The van der Waals surface area contributed by atoms with E-state index in [0.29, 0.717) is 11.8 Å². The molecule has 0 N–H and O–H groups in total. The topological polar surface area (TPSA) is 51.8 Å². The zero-order valence-electron chi connectivity index (χ0n) is 11.6. The van der Waals surface area contributed by atoms with Gasteiger partial charge in [-0.2, -0.15) is 0 Å². The molecule has 4 nitrogen and oxygen atoms in total. The summed E-state index contributed by atoms with van der Waals surface area (Å²) in [4.78, 5) is 5.62. The van der Waals surface area contributed by atoms with Gasteiger partial charge in [-0.05, 0) is 30.5 Å². The van der Waals surface area contributed by atoms with Gasteiger partial charge < -0.3 is 4.42 Å². The molecule has 0 radical (unpaired) electrons. The van der Waals surface area contributed by atoms with Gasteiger partial charge >= 0.3 is 0 Å². The summed E-state index contributed by atoms with van der Waals surface area (Å²) >= 11 is 4.93. The maximum absolute atomic E-state index is 5.78. The first-order chi connectivity index (χ1) is 10.8. The summed E-state index contributed by atoms with van der Waals surface area (Å²) in [5.41, 5.74) is 1.03. The summed E-state index contributed by atoms with van der Waals surface area (Å²) in [7, 11) is 0. The van der Waals surface area contributed by atoms with Crippen LogP contribution in [-0.2, 0) is 0 Å². The Kier molecular flexibility index (Phi) is 3.69. The number of hydrogen-bond donors (Lipinski definition) is 0. The molecule has 0 amide bonds. The van der Waals surface area contributed by atoms with Crippen molar-refractivity contribution in [1.82, 2.24) is 15.2 Å². The van der Waals surface area contributed by atoms with Crippen LogP contribution in [0.3, 0.4) is 0 Å². The van der Waals surface area contributed by atoms with Gasteiger partial charge in [0.2, 0.25) is 5.89 Å². The molecule has 4 aromatic rings. The zero-order chi connectivity index (χ0) is 14.9. The number of para-hydroxylation sites is 1. The SMILES string of the molecule is CC(Sc1nc2ccccc2s1)c1nnc(-c2cccs2)o1. The van der Waals surface area contributed by atoms with E-state index in [9.17, 15) is 0 Å². The summed E-state index contributed by atoms with van der Waals surface area (Å²) in [6.45, 7) is 2.06. The maximum Gasteiger partial charge on any atom is 0.257 e. The molecule has 4 rings (SSSR count). The quantitative estimate of drug-likeness (QED) is 0.472. The molecule has 0 saturated carbocycles. The van der Waals surface area contributed by atoms with Gasteiger partial charge in [0.1, 0.15) is 0 Å². The predicted molar refractivity (Wildman–Crippen MR) is 91.5 cm³/mol. The molecule has 0 fully saturated rings. The Morgan fingerprint density at radius 1 is 1.14 bits per heavy atom. The van der Waals surface area contributed by atoms with Crippen LogP contribution in [0.5, 0.6) is 0 Å². The number of fused-ring (bicyclic) bond motifs is 1. The first-order valence-corrected chi connectivity index (χ1v) is 9.27. The largest absolute Gasteiger partial charge is 0.419 e. The molecule has 1 aromatic carbocycles. The van der Waals surface area contributed by atoms with Crippen molar-refractivity contribution in [3.05, 3.63) is 47.7 Å². The van der Waals surface area contributed by atoms with E-state index in [-0.39, 0.29) is 5.25 Å². The van der Waals surface area contributed by atoms with E-state index >= 15 is 0 Å². The smallest absolute Gasteiger partial charge is 0.257 e. The lowest BCUT2D eigenvalue weighted by Gasteiger charge is -2.02. The average Bonchev–Trinajstić information content (AvgIpc) is 3.26. The minimum atomic E-state index is 0.0711. The fourth-order valence-corrected chi connectivity index (χ4v) is 4.89. The second kappa shape index (κ2) is 5.83. The number of hydrogen-bond acceptors (Lipinski definition) is 7. The fourth-order valence-electron chi connectivity index (χ4n) is 2.00. The first kappa shape index (κ1) is 13.9. The zero-order valence-corrected chi connectivity index (χ0v) is 14.0. The number of rotatable bonds is 4. The molecule has 1 atom stereocenters. The van der Waals surface area contributed by atoms with Crippen LogP contribution in [-0.4, -0.2) is 15.2 Å². The van der Waals surface area contributed by atoms with E-state index in [2.05, 4.69) is 28.2 Å². The number of benzene rings is 1. The van der Waals surface area contributed by atoms with Crippen molar-refractivity contribution in [2.45, 2.75) is 16.5 Å². The van der Waals surface area contributed by atoms with Gasteiger partial charge in [0.15, 0.2) is 4.34 Å². The van der Waals surface area contributed by atoms with Crippen molar-refractivity contribution in [3.8, 4) is 10.8 Å². The van der Waals surface area contributed by atoms with Crippen molar-refractivity contribution in [3.63, 3.8) is 0 Å². The van der Waals surface area contributed by atoms with E-state index in [0.717, 1.165) is 14.7 Å². The highest BCUT2D eigenvalue weighted by molar-refractivity contribution is 8.01. The van der Waals surface area contributed by atoms with E-state index < -0.39 is 0 Å². The van der Waals surface area contributed by atoms with Crippen LogP contribution in [0, 0.1) is 0 Å². The summed E-state index contributed by atoms with van der Waals surface area (Å²) in [6.07, 6.45) is 0. The van der Waals surface area contributed by atoms with Crippen LogP contribution in [0.25, 0.3) is 21.0 Å². The highest BCUT2D eigenvalue weighted by atomic mass is 32.2. The standard InChI is InChI=1S/C15H11N3OS3/c1-9(13-17-18-14(19-13)12-7-4-8-20-12)21-15-16-10-5-2-3-6-11(10)22-15/h2-9H,1H3. The minimum absolute atomic E-state index is 0.0711. The van der Waals surface area contributed by atoms with Crippen LogP contribution in [0.4, 0.5) is 0 Å². The molecule has 0 aliphatic heterocycles. The van der Waals surface area contributed by atoms with E-state index in [1.165, 1.54) is 4.70 Å². The molecule has 7 heteroatoms. The fraction of sp³-hybridized carbons (Fsp3) is 0.133. The number of thioether (sulfide) groups is 1. The van der Waals surface area contributed by atoms with Gasteiger partial charge in [-0.1, -0.05) is 30.0 Å². The normalized spacial score (nSPS) is 12.8. The lowest BCUT2D eigenvalue weighted by atomic mass is 10.3. The van der Waals surface area contributed by atoms with Crippen molar-refractivity contribution in [2.24, 2.45) is 0 Å². The van der Waals surface area contributed by atoms with Crippen LogP contribution in [0.1, 0.15) is 18.1 Å². The summed E-state index contributed by atoms with van der Waals surface area (Å²) in [5, 5.41) is 10.4. The third-order valence-electron chi connectivity index (χ3n) is 3.07. The Morgan fingerprint density at radius 2 is 2.05 bits per heavy atom. The van der Waals surface area contributed by atoms with Crippen LogP contribution in [0.2, 0.25) is 0 Å².